The van der Waals surface area contributed by atoms with Crippen LogP contribution in [0.3, 0.4) is 0 Å². The molecule has 20 heavy (non-hydrogen) atoms. The molecule has 0 saturated carbocycles. The summed E-state index contributed by atoms with van der Waals surface area (Å²) in [6.07, 6.45) is 5.93. The number of hydrogen-bond donors (Lipinski definition) is 2. The third-order valence-corrected chi connectivity index (χ3v) is 3.60. The molecule has 0 fully saturated rings. The predicted octanol–water partition coefficient (Wildman–Crippen LogP) is 4.18. The Labute approximate surface area is 121 Å². The van der Waals surface area contributed by atoms with Gasteiger partial charge in [0.15, 0.2) is 0 Å². The van der Waals surface area contributed by atoms with Crippen molar-refractivity contribution in [3.63, 3.8) is 0 Å². The van der Waals surface area contributed by atoms with Gasteiger partial charge >= 0.3 is 0 Å². The molecule has 0 heterocycles. The molecule has 2 heteroatoms. The van der Waals surface area contributed by atoms with Gasteiger partial charge in [-0.25, -0.2) is 0 Å². The molecule has 0 amide bonds. The topological polar surface area (TPSA) is 40.5 Å². The number of benzene rings is 1. The summed E-state index contributed by atoms with van der Waals surface area (Å²) in [6.45, 7) is 6.50. The molecule has 108 valence electrons. The Hall–Kier alpha value is -1.54. The zero-order chi connectivity index (χ0) is 14.7. The molecule has 2 N–H and O–H groups in total. The molecule has 3 atom stereocenters. The fraction of sp³-hybridized carbons (Fsp3) is 0.444. The van der Waals surface area contributed by atoms with Gasteiger partial charge in [0.2, 0.25) is 0 Å². The van der Waals surface area contributed by atoms with Gasteiger partial charge in [0.05, 0.1) is 17.8 Å². The molecule has 0 spiro atoms. The number of hydrogen-bond acceptors (Lipinski definition) is 2. The first-order valence-corrected chi connectivity index (χ1v) is 7.34. The summed E-state index contributed by atoms with van der Waals surface area (Å²) in [5.74, 6) is 1.18. The number of aliphatic hydroxyl groups is 2. The van der Waals surface area contributed by atoms with Gasteiger partial charge in [-0.1, -0.05) is 57.2 Å². The fourth-order valence-electron chi connectivity index (χ4n) is 2.79. The van der Waals surface area contributed by atoms with Gasteiger partial charge in [0.25, 0.3) is 0 Å². The molecule has 0 aromatic heterocycles. The molecule has 0 saturated heterocycles. The normalized spacial score (nSPS) is 27.1. The smallest absolute Gasteiger partial charge is 0.0988 e. The van der Waals surface area contributed by atoms with Crippen molar-refractivity contribution in [2.24, 2.45) is 17.8 Å². The molecular formula is C18H24O2. The quantitative estimate of drug-likeness (QED) is 0.743. The SMILES string of the molecule is CC(C)C.OC1=CC=CC2Cc3ccccc3C(O)C12. The van der Waals surface area contributed by atoms with Crippen molar-refractivity contribution < 1.29 is 10.2 Å². The van der Waals surface area contributed by atoms with E-state index in [1.807, 2.05) is 24.3 Å². The summed E-state index contributed by atoms with van der Waals surface area (Å²) >= 11 is 0. The first kappa shape index (κ1) is 14.9. The molecule has 0 bridgehead atoms. The molecular weight excluding hydrogens is 248 g/mol. The van der Waals surface area contributed by atoms with E-state index < -0.39 is 6.10 Å². The second kappa shape index (κ2) is 6.27. The van der Waals surface area contributed by atoms with Crippen LogP contribution >= 0.6 is 0 Å². The average molecular weight is 272 g/mol. The van der Waals surface area contributed by atoms with Crippen LogP contribution in [0.15, 0.2) is 48.3 Å². The lowest BCUT2D eigenvalue weighted by Gasteiger charge is -2.36. The van der Waals surface area contributed by atoms with Crippen molar-refractivity contribution in [3.8, 4) is 0 Å². The Bertz CT molecular complexity index is 511. The maximum absolute atomic E-state index is 10.3. The van der Waals surface area contributed by atoms with E-state index in [9.17, 15) is 10.2 Å². The van der Waals surface area contributed by atoms with E-state index in [2.05, 4.69) is 32.9 Å². The Morgan fingerprint density at radius 2 is 1.80 bits per heavy atom. The van der Waals surface area contributed by atoms with Gasteiger partial charge in [-0.05, 0) is 35.5 Å². The van der Waals surface area contributed by atoms with Gasteiger partial charge in [-0.3, -0.25) is 0 Å². The maximum atomic E-state index is 10.3. The van der Waals surface area contributed by atoms with E-state index in [0.29, 0.717) is 5.76 Å². The third kappa shape index (κ3) is 3.13. The summed E-state index contributed by atoms with van der Waals surface area (Å²) in [4.78, 5) is 0. The Kier molecular flexibility index (Phi) is 4.66. The van der Waals surface area contributed by atoms with Gasteiger partial charge in [-0.15, -0.1) is 0 Å². The van der Waals surface area contributed by atoms with Crippen LogP contribution in [-0.4, -0.2) is 10.2 Å². The average Bonchev–Trinajstić information content (AvgIpc) is 2.38. The summed E-state index contributed by atoms with van der Waals surface area (Å²) < 4.78 is 0. The summed E-state index contributed by atoms with van der Waals surface area (Å²) in [5, 5.41) is 20.1. The van der Waals surface area contributed by atoms with Crippen molar-refractivity contribution in [1.82, 2.24) is 0 Å². The monoisotopic (exact) mass is 272 g/mol. The number of aliphatic hydroxyl groups excluding tert-OH is 2. The lowest BCUT2D eigenvalue weighted by atomic mass is 9.71. The molecule has 0 aliphatic heterocycles. The second-order valence-corrected chi connectivity index (χ2v) is 6.25. The molecule has 1 aromatic rings. The van der Waals surface area contributed by atoms with Crippen LogP contribution in [0, 0.1) is 17.8 Å². The van der Waals surface area contributed by atoms with Crippen LogP contribution in [0.5, 0.6) is 0 Å². The Morgan fingerprint density at radius 3 is 2.50 bits per heavy atom. The Balaban J connectivity index is 0.000000328. The first-order valence-electron chi connectivity index (χ1n) is 7.34. The minimum absolute atomic E-state index is 0.167. The largest absolute Gasteiger partial charge is 0.512 e. The summed E-state index contributed by atoms with van der Waals surface area (Å²) in [6, 6.07) is 7.93. The van der Waals surface area contributed by atoms with Crippen molar-refractivity contribution in [2.75, 3.05) is 0 Å². The minimum atomic E-state index is -0.587. The molecule has 1 aromatic carbocycles. The first-order chi connectivity index (χ1) is 9.50. The van der Waals surface area contributed by atoms with Crippen LogP contribution in [0.1, 0.15) is 38.0 Å². The molecule has 2 aliphatic rings. The molecule has 2 nitrogen and oxygen atoms in total. The zero-order valence-corrected chi connectivity index (χ0v) is 12.5. The number of allylic oxidation sites excluding steroid dienone is 3. The van der Waals surface area contributed by atoms with Crippen molar-refractivity contribution in [2.45, 2.75) is 33.3 Å². The highest BCUT2D eigenvalue weighted by Gasteiger charge is 2.37. The maximum Gasteiger partial charge on any atom is 0.0988 e. The van der Waals surface area contributed by atoms with E-state index in [4.69, 9.17) is 0 Å². The van der Waals surface area contributed by atoms with E-state index in [0.717, 1.165) is 17.9 Å². The standard InChI is InChI=1S/C14H14O2.C4H10/c15-12-7-3-5-10-8-9-4-1-2-6-11(9)14(16)13(10)12;1-4(2)3/h1-7,10,13-16H,8H2;4H,1-3H3. The third-order valence-electron chi connectivity index (χ3n) is 3.60. The van der Waals surface area contributed by atoms with Gasteiger partial charge in [0, 0.05) is 0 Å². The van der Waals surface area contributed by atoms with Crippen molar-refractivity contribution in [1.29, 1.82) is 0 Å². The molecule has 3 rings (SSSR count). The van der Waals surface area contributed by atoms with Crippen LogP contribution in [0.4, 0.5) is 0 Å². The molecule has 0 radical (unpaired) electrons. The number of rotatable bonds is 0. The lowest BCUT2D eigenvalue weighted by molar-refractivity contribution is 0.0667. The van der Waals surface area contributed by atoms with E-state index in [1.54, 1.807) is 6.08 Å². The van der Waals surface area contributed by atoms with Gasteiger partial charge in [-0.2, -0.15) is 0 Å². The highest BCUT2D eigenvalue weighted by molar-refractivity contribution is 5.37. The van der Waals surface area contributed by atoms with E-state index in [-0.39, 0.29) is 11.8 Å². The Morgan fingerprint density at radius 1 is 1.15 bits per heavy atom. The minimum Gasteiger partial charge on any atom is -0.512 e. The van der Waals surface area contributed by atoms with Crippen LogP contribution in [-0.2, 0) is 6.42 Å². The number of fused-ring (bicyclic) bond motifs is 2. The van der Waals surface area contributed by atoms with Gasteiger partial charge < -0.3 is 10.2 Å². The predicted molar refractivity (Wildman–Crippen MR) is 82.4 cm³/mol. The van der Waals surface area contributed by atoms with E-state index in [1.165, 1.54) is 5.56 Å². The highest BCUT2D eigenvalue weighted by Crippen LogP contribution is 2.43. The second-order valence-electron chi connectivity index (χ2n) is 6.25. The van der Waals surface area contributed by atoms with Crippen LogP contribution in [0.25, 0.3) is 0 Å². The summed E-state index contributed by atoms with van der Waals surface area (Å²) in [5.41, 5.74) is 2.15. The fourth-order valence-corrected chi connectivity index (χ4v) is 2.79. The van der Waals surface area contributed by atoms with Crippen LogP contribution in [0.2, 0.25) is 0 Å². The highest BCUT2D eigenvalue weighted by atomic mass is 16.3. The van der Waals surface area contributed by atoms with Gasteiger partial charge in [0.1, 0.15) is 0 Å². The van der Waals surface area contributed by atoms with E-state index >= 15 is 0 Å². The summed E-state index contributed by atoms with van der Waals surface area (Å²) in [7, 11) is 0. The zero-order valence-electron chi connectivity index (χ0n) is 12.5. The lowest BCUT2D eigenvalue weighted by Crippen LogP contribution is -2.31. The van der Waals surface area contributed by atoms with Crippen molar-refractivity contribution >= 4 is 0 Å². The van der Waals surface area contributed by atoms with Crippen LogP contribution < -0.4 is 0 Å². The molecule has 2 aliphatic carbocycles. The van der Waals surface area contributed by atoms with Crippen molar-refractivity contribution in [3.05, 3.63) is 59.4 Å². The molecule has 3 unspecified atom stereocenters.